The number of amides is 1. The Labute approximate surface area is 108 Å². The van der Waals surface area contributed by atoms with Crippen molar-refractivity contribution in [2.45, 2.75) is 25.8 Å². The third-order valence-corrected chi connectivity index (χ3v) is 3.67. The predicted octanol–water partition coefficient (Wildman–Crippen LogP) is 2.70. The van der Waals surface area contributed by atoms with Gasteiger partial charge in [0, 0.05) is 10.5 Å². The van der Waals surface area contributed by atoms with Crippen LogP contribution < -0.4 is 11.1 Å². The minimum absolute atomic E-state index is 0.0163. The number of nitrogens with one attached hydrogen (secondary N) is 1. The number of halogens is 2. The fraction of sp³-hybridized carbons (Fsp3) is 0.417. The quantitative estimate of drug-likeness (QED) is 0.843. The van der Waals surface area contributed by atoms with E-state index in [2.05, 4.69) is 21.2 Å². The van der Waals surface area contributed by atoms with Gasteiger partial charge in [-0.25, -0.2) is 4.39 Å². The Hall–Kier alpha value is -1.10. The highest BCUT2D eigenvalue weighted by atomic mass is 79.9. The molecule has 0 bridgehead atoms. The van der Waals surface area contributed by atoms with E-state index in [1.165, 1.54) is 12.1 Å². The number of nitrogen functional groups attached to an aromatic ring is 1. The zero-order valence-corrected chi connectivity index (χ0v) is 11.1. The van der Waals surface area contributed by atoms with Crippen LogP contribution in [-0.2, 0) is 0 Å². The largest absolute Gasteiger partial charge is 0.396 e. The van der Waals surface area contributed by atoms with Crippen LogP contribution in [0.2, 0.25) is 0 Å². The van der Waals surface area contributed by atoms with E-state index in [1.54, 1.807) is 0 Å². The van der Waals surface area contributed by atoms with Crippen LogP contribution in [0.25, 0.3) is 0 Å². The second kappa shape index (κ2) is 4.64. The van der Waals surface area contributed by atoms with Crippen LogP contribution in [0.3, 0.4) is 0 Å². The Morgan fingerprint density at radius 2 is 2.24 bits per heavy atom. The van der Waals surface area contributed by atoms with E-state index in [0.717, 1.165) is 12.8 Å². The normalized spacial score (nSPS) is 16.6. The minimum Gasteiger partial charge on any atom is -0.396 e. The van der Waals surface area contributed by atoms with Crippen LogP contribution >= 0.6 is 15.9 Å². The van der Waals surface area contributed by atoms with Crippen molar-refractivity contribution in [3.63, 3.8) is 0 Å². The van der Waals surface area contributed by atoms with E-state index in [1.807, 2.05) is 6.92 Å². The second-order valence-corrected chi connectivity index (χ2v) is 5.31. The summed E-state index contributed by atoms with van der Waals surface area (Å²) in [4.78, 5) is 12.0. The lowest BCUT2D eigenvalue weighted by molar-refractivity contribution is 0.0935. The molecule has 2 rings (SSSR count). The van der Waals surface area contributed by atoms with Crippen molar-refractivity contribution in [2.75, 3.05) is 5.73 Å². The van der Waals surface area contributed by atoms with Gasteiger partial charge in [0.05, 0.1) is 11.3 Å². The van der Waals surface area contributed by atoms with Crippen molar-refractivity contribution in [2.24, 2.45) is 5.92 Å². The number of nitrogens with two attached hydrogens (primary N) is 1. The van der Waals surface area contributed by atoms with Crippen molar-refractivity contribution in [1.82, 2.24) is 5.32 Å². The summed E-state index contributed by atoms with van der Waals surface area (Å²) in [6, 6.07) is 2.72. The summed E-state index contributed by atoms with van der Waals surface area (Å²) in [6.45, 7) is 1.98. The summed E-state index contributed by atoms with van der Waals surface area (Å²) in [5.41, 5.74) is 5.81. The number of benzene rings is 1. The molecule has 3 N–H and O–H groups in total. The summed E-state index contributed by atoms with van der Waals surface area (Å²) in [6.07, 6.45) is 2.32. The van der Waals surface area contributed by atoms with Crippen molar-refractivity contribution in [1.29, 1.82) is 0 Å². The Morgan fingerprint density at radius 1 is 1.59 bits per heavy atom. The lowest BCUT2D eigenvalue weighted by Gasteiger charge is -2.14. The van der Waals surface area contributed by atoms with Gasteiger partial charge in [0.2, 0.25) is 0 Å². The summed E-state index contributed by atoms with van der Waals surface area (Å²) in [7, 11) is 0. The molecule has 1 fully saturated rings. The van der Waals surface area contributed by atoms with Crippen molar-refractivity contribution in [3.05, 3.63) is 28.0 Å². The first-order chi connectivity index (χ1) is 7.99. The average Bonchev–Trinajstić information content (AvgIpc) is 3.06. The van der Waals surface area contributed by atoms with E-state index in [0.29, 0.717) is 16.0 Å². The molecule has 1 saturated carbocycles. The van der Waals surface area contributed by atoms with Gasteiger partial charge in [-0.3, -0.25) is 4.79 Å². The Kier molecular flexibility index (Phi) is 3.38. The van der Waals surface area contributed by atoms with E-state index in [9.17, 15) is 9.18 Å². The van der Waals surface area contributed by atoms with Gasteiger partial charge in [-0.2, -0.15) is 0 Å². The van der Waals surface area contributed by atoms with E-state index >= 15 is 0 Å². The molecule has 1 amide bonds. The number of hydrogen-bond acceptors (Lipinski definition) is 2. The molecule has 0 spiro atoms. The van der Waals surface area contributed by atoms with Crippen LogP contribution in [-0.4, -0.2) is 11.9 Å². The fourth-order valence-corrected chi connectivity index (χ4v) is 2.23. The summed E-state index contributed by atoms with van der Waals surface area (Å²) < 4.78 is 13.6. The third kappa shape index (κ3) is 2.77. The molecule has 17 heavy (non-hydrogen) atoms. The van der Waals surface area contributed by atoms with E-state index < -0.39 is 5.82 Å². The van der Waals surface area contributed by atoms with Gasteiger partial charge in [-0.15, -0.1) is 0 Å². The Morgan fingerprint density at radius 3 is 2.82 bits per heavy atom. The molecule has 0 aliphatic heterocycles. The number of anilines is 1. The van der Waals surface area contributed by atoms with Gasteiger partial charge in [-0.1, -0.05) is 0 Å². The zero-order chi connectivity index (χ0) is 12.6. The molecule has 1 aliphatic rings. The highest BCUT2D eigenvalue weighted by Gasteiger charge is 2.29. The topological polar surface area (TPSA) is 55.1 Å². The first kappa shape index (κ1) is 12.4. The van der Waals surface area contributed by atoms with Gasteiger partial charge >= 0.3 is 0 Å². The Balaban J connectivity index is 2.15. The zero-order valence-electron chi connectivity index (χ0n) is 9.47. The van der Waals surface area contributed by atoms with Gasteiger partial charge < -0.3 is 11.1 Å². The first-order valence-corrected chi connectivity index (χ1v) is 6.33. The molecule has 3 nitrogen and oxygen atoms in total. The first-order valence-electron chi connectivity index (χ1n) is 5.54. The molecule has 0 saturated heterocycles. The average molecular weight is 301 g/mol. The maximum absolute atomic E-state index is 13.1. The lowest BCUT2D eigenvalue weighted by atomic mass is 10.1. The summed E-state index contributed by atoms with van der Waals surface area (Å²) in [5.74, 6) is -0.165. The highest BCUT2D eigenvalue weighted by Crippen LogP contribution is 2.32. The second-order valence-electron chi connectivity index (χ2n) is 4.45. The van der Waals surface area contributed by atoms with Crippen LogP contribution in [0.1, 0.15) is 30.1 Å². The third-order valence-electron chi connectivity index (χ3n) is 3.02. The molecule has 1 aromatic carbocycles. The Bertz CT molecular complexity index is 460. The maximum atomic E-state index is 13.1. The maximum Gasteiger partial charge on any atom is 0.252 e. The molecule has 5 heteroatoms. The standard InChI is InChI=1S/C12H14BrFN2O/c1-6(7-2-3-7)16-12(17)8-4-11(15)10(14)5-9(8)13/h4-7H,2-3,15H2,1H3,(H,16,17). The summed E-state index contributed by atoms with van der Waals surface area (Å²) >= 11 is 3.17. The number of rotatable bonds is 3. The molecule has 0 aromatic heterocycles. The highest BCUT2D eigenvalue weighted by molar-refractivity contribution is 9.10. The molecule has 0 heterocycles. The van der Waals surface area contributed by atoms with Crippen LogP contribution in [0.5, 0.6) is 0 Å². The molecule has 1 unspecified atom stereocenters. The molecule has 1 aliphatic carbocycles. The molecule has 0 radical (unpaired) electrons. The van der Waals surface area contributed by atoms with E-state index in [4.69, 9.17) is 5.73 Å². The number of carbonyl (C=O) groups excluding carboxylic acids is 1. The smallest absolute Gasteiger partial charge is 0.252 e. The van der Waals surface area contributed by atoms with Gasteiger partial charge in [-0.05, 0) is 53.7 Å². The van der Waals surface area contributed by atoms with Crippen molar-refractivity contribution >= 4 is 27.5 Å². The summed E-state index contributed by atoms with van der Waals surface area (Å²) in [5, 5.41) is 2.90. The molecular formula is C12H14BrFN2O. The number of hydrogen-bond donors (Lipinski definition) is 2. The fourth-order valence-electron chi connectivity index (χ4n) is 1.74. The number of carbonyl (C=O) groups is 1. The predicted molar refractivity (Wildman–Crippen MR) is 68.2 cm³/mol. The van der Waals surface area contributed by atoms with Crippen molar-refractivity contribution < 1.29 is 9.18 Å². The monoisotopic (exact) mass is 300 g/mol. The van der Waals surface area contributed by atoms with Crippen LogP contribution in [0.15, 0.2) is 16.6 Å². The lowest BCUT2D eigenvalue weighted by Crippen LogP contribution is -2.34. The molecular weight excluding hydrogens is 287 g/mol. The SMILES string of the molecule is CC(NC(=O)c1cc(N)c(F)cc1Br)C1CC1. The van der Waals surface area contributed by atoms with Crippen LogP contribution in [0, 0.1) is 11.7 Å². The van der Waals surface area contributed by atoms with Gasteiger partial charge in [0.1, 0.15) is 5.82 Å². The van der Waals surface area contributed by atoms with Gasteiger partial charge in [0.15, 0.2) is 0 Å². The van der Waals surface area contributed by atoms with Crippen LogP contribution in [0.4, 0.5) is 10.1 Å². The van der Waals surface area contributed by atoms with E-state index in [-0.39, 0.29) is 17.6 Å². The molecule has 1 atom stereocenters. The minimum atomic E-state index is -0.524. The molecule has 1 aromatic rings. The van der Waals surface area contributed by atoms with Crippen molar-refractivity contribution in [3.8, 4) is 0 Å². The van der Waals surface area contributed by atoms with Gasteiger partial charge in [0.25, 0.3) is 5.91 Å². The molecule has 92 valence electrons.